The molecule has 0 spiro atoms. The molecule has 7 heteroatoms. The Kier molecular flexibility index (Phi) is 6.56. The lowest BCUT2D eigenvalue weighted by Crippen LogP contribution is -2.29. The largest absolute Gasteiger partial charge is 0.460 e. The van der Waals surface area contributed by atoms with Crippen LogP contribution in [0.25, 0.3) is 0 Å². The van der Waals surface area contributed by atoms with Gasteiger partial charge in [0.1, 0.15) is 17.2 Å². The van der Waals surface area contributed by atoms with Crippen LogP contribution in [0.4, 0.5) is 21.8 Å². The van der Waals surface area contributed by atoms with Crippen LogP contribution in [0.15, 0.2) is 30.5 Å². The van der Waals surface area contributed by atoms with Crippen molar-refractivity contribution >= 4 is 23.4 Å². The standard InChI is InChI=1S/C23H27FN4O2/c1-23(2,3)30-20(29)12-16-10-15(11-16)8-9-17-14-26-22(28-21(17)25-4)27-19-7-5-6-18(24)13-19/h5-7,13-16H,10-12H2,1-4H3,(H2,25,26,27,28). The Hall–Kier alpha value is -3.14. The lowest BCUT2D eigenvalue weighted by Gasteiger charge is -2.32. The van der Waals surface area contributed by atoms with Gasteiger partial charge in [0.2, 0.25) is 5.95 Å². The molecule has 0 bridgehead atoms. The van der Waals surface area contributed by atoms with Gasteiger partial charge in [0, 0.05) is 25.1 Å². The van der Waals surface area contributed by atoms with Gasteiger partial charge in [0.15, 0.2) is 0 Å². The number of halogens is 1. The van der Waals surface area contributed by atoms with Crippen LogP contribution in [0.1, 0.15) is 45.6 Å². The number of ether oxygens (including phenoxy) is 1. The maximum atomic E-state index is 13.3. The van der Waals surface area contributed by atoms with Crippen molar-refractivity contribution in [3.05, 3.63) is 41.8 Å². The third kappa shape index (κ3) is 6.18. The monoisotopic (exact) mass is 410 g/mol. The first kappa shape index (κ1) is 21.6. The van der Waals surface area contributed by atoms with E-state index in [1.54, 1.807) is 25.4 Å². The molecule has 1 aliphatic carbocycles. The number of nitrogens with one attached hydrogen (secondary N) is 2. The fraction of sp³-hybridized carbons (Fsp3) is 0.435. The number of carbonyl (C=O) groups is 1. The van der Waals surface area contributed by atoms with E-state index in [-0.39, 0.29) is 17.7 Å². The highest BCUT2D eigenvalue weighted by Gasteiger charge is 2.31. The summed E-state index contributed by atoms with van der Waals surface area (Å²) in [5.74, 6) is 7.45. The van der Waals surface area contributed by atoms with Gasteiger partial charge >= 0.3 is 5.97 Å². The predicted octanol–water partition coefficient (Wildman–Crippen LogP) is 4.51. The molecule has 1 fully saturated rings. The summed E-state index contributed by atoms with van der Waals surface area (Å²) in [7, 11) is 1.76. The number of nitrogens with zero attached hydrogens (tertiary/aromatic N) is 2. The first-order chi connectivity index (χ1) is 14.2. The van der Waals surface area contributed by atoms with Gasteiger partial charge in [-0.1, -0.05) is 17.9 Å². The maximum absolute atomic E-state index is 13.3. The van der Waals surface area contributed by atoms with Crippen molar-refractivity contribution in [1.29, 1.82) is 0 Å². The second kappa shape index (κ2) is 9.12. The fourth-order valence-corrected chi connectivity index (χ4v) is 3.24. The Morgan fingerprint density at radius 1 is 1.33 bits per heavy atom. The normalized spacial score (nSPS) is 17.9. The van der Waals surface area contributed by atoms with E-state index < -0.39 is 5.60 Å². The average molecular weight is 410 g/mol. The molecule has 0 atom stereocenters. The summed E-state index contributed by atoms with van der Waals surface area (Å²) in [6, 6.07) is 6.11. The molecule has 1 aromatic heterocycles. The summed E-state index contributed by atoms with van der Waals surface area (Å²) in [4.78, 5) is 20.6. The first-order valence-corrected chi connectivity index (χ1v) is 10.0. The van der Waals surface area contributed by atoms with Crippen molar-refractivity contribution in [3.8, 4) is 11.8 Å². The Morgan fingerprint density at radius 2 is 2.10 bits per heavy atom. The van der Waals surface area contributed by atoms with E-state index >= 15 is 0 Å². The van der Waals surface area contributed by atoms with Crippen molar-refractivity contribution in [2.24, 2.45) is 11.8 Å². The smallest absolute Gasteiger partial charge is 0.306 e. The molecule has 1 heterocycles. The predicted molar refractivity (Wildman–Crippen MR) is 115 cm³/mol. The summed E-state index contributed by atoms with van der Waals surface area (Å²) in [5.41, 5.74) is 0.818. The number of aromatic nitrogens is 2. The number of benzene rings is 1. The minimum absolute atomic E-state index is 0.147. The van der Waals surface area contributed by atoms with Crippen LogP contribution in [-0.2, 0) is 9.53 Å². The van der Waals surface area contributed by atoms with Crippen molar-refractivity contribution < 1.29 is 13.9 Å². The average Bonchev–Trinajstić information content (AvgIpc) is 2.62. The van der Waals surface area contributed by atoms with Crippen LogP contribution < -0.4 is 10.6 Å². The molecule has 0 unspecified atom stereocenters. The Balaban J connectivity index is 1.56. The van der Waals surface area contributed by atoms with E-state index in [0.717, 1.165) is 12.8 Å². The number of rotatable bonds is 5. The van der Waals surface area contributed by atoms with Gasteiger partial charge < -0.3 is 15.4 Å². The number of hydrogen-bond acceptors (Lipinski definition) is 6. The second-order valence-electron chi connectivity index (χ2n) is 8.44. The summed E-state index contributed by atoms with van der Waals surface area (Å²) >= 11 is 0. The molecular weight excluding hydrogens is 383 g/mol. The summed E-state index contributed by atoms with van der Waals surface area (Å²) in [5, 5.41) is 6.00. The van der Waals surface area contributed by atoms with Crippen LogP contribution in [0.2, 0.25) is 0 Å². The van der Waals surface area contributed by atoms with Gasteiger partial charge in [-0.25, -0.2) is 9.37 Å². The van der Waals surface area contributed by atoms with E-state index in [2.05, 4.69) is 32.4 Å². The molecule has 3 rings (SSSR count). The van der Waals surface area contributed by atoms with Gasteiger partial charge in [0.05, 0.1) is 11.8 Å². The van der Waals surface area contributed by atoms with Crippen molar-refractivity contribution in [2.75, 3.05) is 17.7 Å². The second-order valence-corrected chi connectivity index (χ2v) is 8.44. The fourth-order valence-electron chi connectivity index (χ4n) is 3.24. The molecule has 0 saturated heterocycles. The van der Waals surface area contributed by atoms with Crippen LogP contribution in [0, 0.1) is 29.5 Å². The van der Waals surface area contributed by atoms with Crippen molar-refractivity contribution in [1.82, 2.24) is 9.97 Å². The number of anilines is 3. The van der Waals surface area contributed by atoms with E-state index in [9.17, 15) is 9.18 Å². The molecule has 30 heavy (non-hydrogen) atoms. The lowest BCUT2D eigenvalue weighted by atomic mass is 9.73. The zero-order valence-corrected chi connectivity index (χ0v) is 17.8. The van der Waals surface area contributed by atoms with Gasteiger partial charge in [-0.3, -0.25) is 4.79 Å². The molecule has 0 radical (unpaired) electrons. The molecule has 158 valence electrons. The number of hydrogen-bond donors (Lipinski definition) is 2. The van der Waals surface area contributed by atoms with E-state index in [1.165, 1.54) is 12.1 Å². The third-order valence-corrected chi connectivity index (χ3v) is 4.63. The van der Waals surface area contributed by atoms with Gasteiger partial charge in [-0.15, -0.1) is 0 Å². The van der Waals surface area contributed by atoms with E-state index in [1.807, 2.05) is 20.8 Å². The quantitative estimate of drug-likeness (QED) is 0.558. The van der Waals surface area contributed by atoms with Gasteiger partial charge in [-0.05, 0) is 57.7 Å². The Morgan fingerprint density at radius 3 is 2.77 bits per heavy atom. The highest BCUT2D eigenvalue weighted by molar-refractivity contribution is 5.70. The minimum Gasteiger partial charge on any atom is -0.460 e. The number of carbonyl (C=O) groups excluding carboxylic acids is 1. The minimum atomic E-state index is -0.445. The highest BCUT2D eigenvalue weighted by Crippen LogP contribution is 2.36. The molecule has 0 amide bonds. The zero-order chi connectivity index (χ0) is 21.7. The van der Waals surface area contributed by atoms with Crippen LogP contribution in [-0.4, -0.2) is 28.6 Å². The summed E-state index contributed by atoms with van der Waals surface area (Å²) in [6.07, 6.45) is 3.87. The highest BCUT2D eigenvalue weighted by atomic mass is 19.1. The van der Waals surface area contributed by atoms with E-state index in [4.69, 9.17) is 4.74 Å². The summed E-state index contributed by atoms with van der Waals surface area (Å²) in [6.45, 7) is 5.63. The molecular formula is C23H27FN4O2. The zero-order valence-electron chi connectivity index (χ0n) is 17.8. The van der Waals surface area contributed by atoms with Crippen LogP contribution >= 0.6 is 0 Å². The molecule has 6 nitrogen and oxygen atoms in total. The van der Waals surface area contributed by atoms with Crippen molar-refractivity contribution in [2.45, 2.75) is 45.6 Å². The lowest BCUT2D eigenvalue weighted by molar-refractivity contribution is -0.156. The van der Waals surface area contributed by atoms with Gasteiger partial charge in [-0.2, -0.15) is 4.98 Å². The molecule has 2 aromatic rings. The molecule has 1 aromatic carbocycles. The SMILES string of the molecule is CNc1nc(Nc2cccc(F)c2)ncc1C#CC1CC(CC(=O)OC(C)(C)C)C1. The topological polar surface area (TPSA) is 76.1 Å². The number of esters is 1. The van der Waals surface area contributed by atoms with Crippen LogP contribution in [0.5, 0.6) is 0 Å². The molecule has 1 aliphatic rings. The Labute approximate surface area is 176 Å². The molecule has 2 N–H and O–H groups in total. The first-order valence-electron chi connectivity index (χ1n) is 10.0. The maximum Gasteiger partial charge on any atom is 0.306 e. The van der Waals surface area contributed by atoms with Crippen molar-refractivity contribution in [3.63, 3.8) is 0 Å². The Bertz CT molecular complexity index is 969. The van der Waals surface area contributed by atoms with Gasteiger partial charge in [0.25, 0.3) is 0 Å². The van der Waals surface area contributed by atoms with E-state index in [0.29, 0.717) is 35.4 Å². The molecule has 1 saturated carbocycles. The third-order valence-electron chi connectivity index (χ3n) is 4.63. The molecule has 0 aliphatic heterocycles. The summed E-state index contributed by atoms with van der Waals surface area (Å²) < 4.78 is 18.7. The van der Waals surface area contributed by atoms with Crippen LogP contribution in [0.3, 0.4) is 0 Å².